The van der Waals surface area contributed by atoms with E-state index in [0.717, 1.165) is 19.6 Å². The number of hydrogen-bond acceptors (Lipinski definition) is 3. The number of aromatic nitrogens is 1. The van der Waals surface area contributed by atoms with Gasteiger partial charge in [-0.15, -0.1) is 12.4 Å². The van der Waals surface area contributed by atoms with Crippen LogP contribution in [-0.2, 0) is 6.54 Å². The van der Waals surface area contributed by atoms with Crippen LogP contribution in [0.2, 0.25) is 0 Å². The third-order valence-corrected chi connectivity index (χ3v) is 4.88. The van der Waals surface area contributed by atoms with Gasteiger partial charge in [-0.3, -0.25) is 14.5 Å². The van der Waals surface area contributed by atoms with Crippen molar-refractivity contribution in [3.05, 3.63) is 82.1 Å². The van der Waals surface area contributed by atoms with Crippen LogP contribution in [0.5, 0.6) is 0 Å². The number of benzene rings is 2. The van der Waals surface area contributed by atoms with Crippen LogP contribution in [0, 0.1) is 0 Å². The lowest BCUT2D eigenvalue weighted by molar-refractivity contribution is 0.0623. The number of aromatic amines is 1. The summed E-state index contributed by atoms with van der Waals surface area (Å²) in [5.74, 6) is -0.104. The summed E-state index contributed by atoms with van der Waals surface area (Å²) in [4.78, 5) is 32.3. The fourth-order valence-corrected chi connectivity index (χ4v) is 3.43. The van der Waals surface area contributed by atoms with E-state index >= 15 is 0 Å². The lowest BCUT2D eigenvalue weighted by Gasteiger charge is -2.34. The molecule has 5 nitrogen and oxygen atoms in total. The lowest BCUT2D eigenvalue weighted by atomic mass is 10.1. The molecule has 1 aromatic heterocycles. The molecular weight excluding hydrogens is 362 g/mol. The van der Waals surface area contributed by atoms with Crippen molar-refractivity contribution in [1.29, 1.82) is 0 Å². The largest absolute Gasteiger partial charge is 0.350 e. The van der Waals surface area contributed by atoms with Gasteiger partial charge in [0.2, 0.25) is 0 Å². The number of carbonyl (C=O) groups is 1. The maximum absolute atomic E-state index is 12.8. The highest BCUT2D eigenvalue weighted by atomic mass is 35.5. The lowest BCUT2D eigenvalue weighted by Crippen LogP contribution is -2.48. The molecule has 140 valence electrons. The van der Waals surface area contributed by atoms with Crippen molar-refractivity contribution in [1.82, 2.24) is 14.8 Å². The number of hydrogen-bond donors (Lipinski definition) is 1. The first kappa shape index (κ1) is 19.1. The minimum Gasteiger partial charge on any atom is -0.350 e. The molecule has 1 saturated heterocycles. The van der Waals surface area contributed by atoms with Crippen molar-refractivity contribution in [2.45, 2.75) is 6.54 Å². The van der Waals surface area contributed by atoms with Crippen LogP contribution in [0.1, 0.15) is 16.1 Å². The summed E-state index contributed by atoms with van der Waals surface area (Å²) in [7, 11) is 0. The molecule has 0 spiro atoms. The van der Waals surface area contributed by atoms with Crippen LogP contribution in [0.15, 0.2) is 65.5 Å². The van der Waals surface area contributed by atoms with Crippen LogP contribution in [-0.4, -0.2) is 46.9 Å². The van der Waals surface area contributed by atoms with Gasteiger partial charge in [-0.1, -0.05) is 42.5 Å². The molecule has 1 amide bonds. The number of amides is 1. The van der Waals surface area contributed by atoms with Gasteiger partial charge in [0.25, 0.3) is 5.91 Å². The number of rotatable bonds is 3. The molecule has 0 radical (unpaired) electrons. The third kappa shape index (κ3) is 4.21. The summed E-state index contributed by atoms with van der Waals surface area (Å²) in [6.45, 7) is 3.90. The second kappa shape index (κ2) is 8.37. The van der Waals surface area contributed by atoms with E-state index in [-0.39, 0.29) is 23.7 Å². The van der Waals surface area contributed by atoms with Crippen molar-refractivity contribution in [3.8, 4) is 0 Å². The Labute approximate surface area is 164 Å². The zero-order chi connectivity index (χ0) is 17.9. The van der Waals surface area contributed by atoms with Crippen LogP contribution in [0.25, 0.3) is 10.9 Å². The van der Waals surface area contributed by atoms with Crippen molar-refractivity contribution in [2.75, 3.05) is 26.2 Å². The topological polar surface area (TPSA) is 56.4 Å². The van der Waals surface area contributed by atoms with E-state index in [1.54, 1.807) is 6.07 Å². The van der Waals surface area contributed by atoms with Gasteiger partial charge < -0.3 is 9.88 Å². The maximum Gasteiger partial charge on any atom is 0.270 e. The summed E-state index contributed by atoms with van der Waals surface area (Å²) in [5.41, 5.74) is 2.23. The predicted molar refractivity (Wildman–Crippen MR) is 109 cm³/mol. The second-order valence-electron chi connectivity index (χ2n) is 6.65. The molecule has 1 N–H and O–H groups in total. The Morgan fingerprint density at radius 1 is 0.926 bits per heavy atom. The smallest absolute Gasteiger partial charge is 0.270 e. The van der Waals surface area contributed by atoms with Gasteiger partial charge in [-0.05, 0) is 17.7 Å². The quantitative estimate of drug-likeness (QED) is 0.756. The van der Waals surface area contributed by atoms with Crippen molar-refractivity contribution in [2.24, 2.45) is 0 Å². The van der Waals surface area contributed by atoms with E-state index in [1.807, 2.05) is 41.3 Å². The van der Waals surface area contributed by atoms with Crippen LogP contribution >= 0.6 is 12.4 Å². The van der Waals surface area contributed by atoms with E-state index in [1.165, 1.54) is 11.6 Å². The Hall–Kier alpha value is -2.63. The Balaban J connectivity index is 0.00000210. The first-order valence-electron chi connectivity index (χ1n) is 8.88. The fourth-order valence-electron chi connectivity index (χ4n) is 3.43. The number of nitrogens with zero attached hydrogens (tertiary/aromatic N) is 2. The number of pyridine rings is 1. The molecule has 0 atom stereocenters. The molecule has 1 aliphatic heterocycles. The molecule has 27 heavy (non-hydrogen) atoms. The summed E-state index contributed by atoms with van der Waals surface area (Å²) in [6, 6.07) is 19.0. The summed E-state index contributed by atoms with van der Waals surface area (Å²) < 4.78 is 0. The normalized spacial score (nSPS) is 14.7. The second-order valence-corrected chi connectivity index (χ2v) is 6.65. The summed E-state index contributed by atoms with van der Waals surface area (Å²) >= 11 is 0. The number of para-hydroxylation sites is 1. The highest BCUT2D eigenvalue weighted by molar-refractivity contribution is 5.94. The number of carbonyl (C=O) groups excluding carboxylic acids is 1. The van der Waals surface area contributed by atoms with Crippen molar-refractivity contribution >= 4 is 29.2 Å². The number of halogens is 1. The average molecular weight is 384 g/mol. The van der Waals surface area contributed by atoms with Crippen LogP contribution in [0.3, 0.4) is 0 Å². The minimum absolute atomic E-state index is 0. The molecule has 1 fully saturated rings. The molecule has 2 aromatic carbocycles. The number of piperazine rings is 1. The first-order chi connectivity index (χ1) is 12.7. The molecule has 6 heteroatoms. The standard InChI is InChI=1S/C21H21N3O2.ClH/c25-20-14-19(22-18-9-5-4-8-17(18)20)21(26)24-12-10-23(11-13-24)15-16-6-2-1-3-7-16;/h1-9,14H,10-13,15H2,(H,22,25);1H. The number of nitrogens with one attached hydrogen (secondary N) is 1. The van der Waals surface area contributed by atoms with Gasteiger partial charge in [0, 0.05) is 49.7 Å². The third-order valence-electron chi connectivity index (χ3n) is 4.88. The van der Waals surface area contributed by atoms with Gasteiger partial charge in [0.1, 0.15) is 5.69 Å². The SMILES string of the molecule is Cl.O=C(c1cc(=O)c2ccccc2[nH]1)N1CCN(Cc2ccccc2)CC1. The van der Waals surface area contributed by atoms with Gasteiger partial charge in [0.05, 0.1) is 0 Å². The minimum atomic E-state index is -0.120. The Kier molecular flexibility index (Phi) is 5.94. The first-order valence-corrected chi connectivity index (χ1v) is 8.88. The van der Waals surface area contributed by atoms with Gasteiger partial charge >= 0.3 is 0 Å². The number of fused-ring (bicyclic) bond motifs is 1. The molecule has 0 bridgehead atoms. The molecule has 1 aliphatic rings. The molecule has 3 aromatic rings. The summed E-state index contributed by atoms with van der Waals surface area (Å²) in [5, 5.41) is 0.608. The predicted octanol–water partition coefficient (Wildman–Crippen LogP) is 2.91. The monoisotopic (exact) mass is 383 g/mol. The molecule has 2 heterocycles. The molecule has 0 saturated carbocycles. The molecular formula is C21H22ClN3O2. The van der Waals surface area contributed by atoms with E-state index in [0.29, 0.717) is 29.7 Å². The maximum atomic E-state index is 12.8. The molecule has 0 unspecified atom stereocenters. The van der Waals surface area contributed by atoms with E-state index < -0.39 is 0 Å². The van der Waals surface area contributed by atoms with Crippen molar-refractivity contribution in [3.63, 3.8) is 0 Å². The van der Waals surface area contributed by atoms with Crippen molar-refractivity contribution < 1.29 is 4.79 Å². The molecule has 4 rings (SSSR count). The zero-order valence-corrected chi connectivity index (χ0v) is 15.7. The van der Waals surface area contributed by atoms with Crippen LogP contribution in [0.4, 0.5) is 0 Å². The van der Waals surface area contributed by atoms with Gasteiger partial charge in [-0.25, -0.2) is 0 Å². The van der Waals surface area contributed by atoms with Gasteiger partial charge in [-0.2, -0.15) is 0 Å². The average Bonchev–Trinajstić information content (AvgIpc) is 2.69. The zero-order valence-electron chi connectivity index (χ0n) is 14.9. The number of H-pyrrole nitrogens is 1. The molecule has 0 aliphatic carbocycles. The Morgan fingerprint density at radius 3 is 2.33 bits per heavy atom. The Bertz CT molecular complexity index is 979. The highest BCUT2D eigenvalue weighted by Crippen LogP contribution is 2.12. The van der Waals surface area contributed by atoms with E-state index in [4.69, 9.17) is 0 Å². The highest BCUT2D eigenvalue weighted by Gasteiger charge is 2.23. The summed E-state index contributed by atoms with van der Waals surface area (Å²) in [6.07, 6.45) is 0. The fraction of sp³-hybridized carbons (Fsp3) is 0.238. The Morgan fingerprint density at radius 2 is 1.59 bits per heavy atom. The van der Waals surface area contributed by atoms with Gasteiger partial charge in [0.15, 0.2) is 5.43 Å². The van der Waals surface area contributed by atoms with E-state index in [2.05, 4.69) is 22.0 Å². The van der Waals surface area contributed by atoms with Crippen LogP contribution < -0.4 is 5.43 Å². The van der Waals surface area contributed by atoms with E-state index in [9.17, 15) is 9.59 Å².